The Balaban J connectivity index is 2.96. The monoisotopic (exact) mass is 218 g/mol. The van der Waals surface area contributed by atoms with Crippen LogP contribution in [0.3, 0.4) is 0 Å². The second kappa shape index (κ2) is 9.93. The third-order valence-corrected chi connectivity index (χ3v) is 2.35. The van der Waals surface area contributed by atoms with E-state index in [0.29, 0.717) is 6.42 Å². The molecule has 0 aromatic heterocycles. The number of aliphatic hydroxyl groups is 2. The van der Waals surface area contributed by atoms with Gasteiger partial charge in [0.25, 0.3) is 0 Å². The number of hydrogen-bond acceptors (Lipinski definition) is 3. The molecule has 0 atom stereocenters. The Morgan fingerprint density at radius 2 is 1.33 bits per heavy atom. The predicted molar refractivity (Wildman–Crippen MR) is 57.4 cm³/mol. The van der Waals surface area contributed by atoms with E-state index >= 15 is 0 Å². The van der Waals surface area contributed by atoms with Gasteiger partial charge in [0, 0.05) is 6.42 Å². The van der Waals surface area contributed by atoms with Gasteiger partial charge in [-0.25, -0.2) is 0 Å². The number of carboxylic acid groups (broad SMARTS) is 1. The Morgan fingerprint density at radius 1 is 0.867 bits per heavy atom. The molecule has 0 heterocycles. The Morgan fingerprint density at radius 3 is 1.80 bits per heavy atom. The number of carboxylic acids is 1. The highest BCUT2D eigenvalue weighted by molar-refractivity contribution is 5.66. The lowest BCUT2D eigenvalue weighted by atomic mass is 10.1. The van der Waals surface area contributed by atoms with Crippen LogP contribution in [0.1, 0.15) is 57.8 Å². The van der Waals surface area contributed by atoms with Crippen molar-refractivity contribution in [1.82, 2.24) is 0 Å². The van der Waals surface area contributed by atoms with Crippen molar-refractivity contribution in [2.24, 2.45) is 0 Å². The Kier molecular flexibility index (Phi) is 9.52. The molecule has 0 saturated carbocycles. The Bertz CT molecular complexity index is 157. The largest absolute Gasteiger partial charge is 0.481 e. The summed E-state index contributed by atoms with van der Waals surface area (Å²) in [6.45, 7) is 0. The molecule has 0 aromatic carbocycles. The standard InChI is InChI=1S/C11H22O4/c12-10(13)8-6-4-2-1-3-5-7-9-11(14)15/h10,12-13H,1-9H2,(H,14,15). The number of carbonyl (C=O) groups is 1. The lowest BCUT2D eigenvalue weighted by molar-refractivity contribution is -0.137. The third-order valence-electron chi connectivity index (χ3n) is 2.35. The van der Waals surface area contributed by atoms with Gasteiger partial charge in [-0.05, 0) is 19.3 Å². The van der Waals surface area contributed by atoms with Gasteiger partial charge in [0.05, 0.1) is 0 Å². The van der Waals surface area contributed by atoms with Gasteiger partial charge in [-0.3, -0.25) is 4.79 Å². The third kappa shape index (κ3) is 13.4. The molecule has 0 aliphatic heterocycles. The summed E-state index contributed by atoms with van der Waals surface area (Å²) >= 11 is 0. The second-order valence-electron chi connectivity index (χ2n) is 3.89. The molecule has 0 aliphatic rings. The van der Waals surface area contributed by atoms with E-state index in [0.717, 1.165) is 44.9 Å². The number of hydrogen-bond donors (Lipinski definition) is 3. The first-order chi connectivity index (χ1) is 7.13. The van der Waals surface area contributed by atoms with Crippen molar-refractivity contribution in [3.05, 3.63) is 0 Å². The quantitative estimate of drug-likeness (QED) is 0.386. The molecule has 0 bridgehead atoms. The normalized spacial score (nSPS) is 10.9. The molecule has 0 rings (SSSR count). The fourth-order valence-electron chi connectivity index (χ4n) is 1.49. The molecule has 0 saturated heterocycles. The topological polar surface area (TPSA) is 77.8 Å². The van der Waals surface area contributed by atoms with E-state index < -0.39 is 12.3 Å². The van der Waals surface area contributed by atoms with Crippen molar-refractivity contribution in [3.63, 3.8) is 0 Å². The van der Waals surface area contributed by atoms with Crippen LogP contribution in [0.2, 0.25) is 0 Å². The average Bonchev–Trinajstić information content (AvgIpc) is 2.14. The van der Waals surface area contributed by atoms with Crippen LogP contribution in [-0.4, -0.2) is 27.6 Å². The summed E-state index contributed by atoms with van der Waals surface area (Å²) in [6.07, 6.45) is 6.48. The molecule has 4 heteroatoms. The van der Waals surface area contributed by atoms with Crippen LogP contribution in [0, 0.1) is 0 Å². The van der Waals surface area contributed by atoms with Crippen LogP contribution >= 0.6 is 0 Å². The molecule has 3 N–H and O–H groups in total. The molecule has 15 heavy (non-hydrogen) atoms. The van der Waals surface area contributed by atoms with Gasteiger partial charge in [0.1, 0.15) is 0 Å². The summed E-state index contributed by atoms with van der Waals surface area (Å²) in [5.74, 6) is -0.716. The molecular formula is C11H22O4. The predicted octanol–water partition coefficient (Wildman–Crippen LogP) is 1.89. The van der Waals surface area contributed by atoms with Crippen LogP contribution < -0.4 is 0 Å². The number of aliphatic hydroxyl groups excluding tert-OH is 1. The summed E-state index contributed by atoms with van der Waals surface area (Å²) in [5.41, 5.74) is 0. The minimum absolute atomic E-state index is 0.275. The second-order valence-corrected chi connectivity index (χ2v) is 3.89. The van der Waals surface area contributed by atoms with Gasteiger partial charge in [0.2, 0.25) is 0 Å². The number of rotatable bonds is 10. The maximum atomic E-state index is 10.2. The minimum Gasteiger partial charge on any atom is -0.481 e. The molecule has 0 radical (unpaired) electrons. The summed E-state index contributed by atoms with van der Waals surface area (Å²) in [4.78, 5) is 10.2. The summed E-state index contributed by atoms with van der Waals surface area (Å²) in [7, 11) is 0. The van der Waals surface area contributed by atoms with Gasteiger partial charge in [0.15, 0.2) is 6.29 Å². The van der Waals surface area contributed by atoms with Crippen LogP contribution in [0.15, 0.2) is 0 Å². The van der Waals surface area contributed by atoms with E-state index in [4.69, 9.17) is 15.3 Å². The average molecular weight is 218 g/mol. The van der Waals surface area contributed by atoms with Crippen molar-refractivity contribution < 1.29 is 20.1 Å². The molecule has 0 amide bonds. The number of unbranched alkanes of at least 4 members (excludes halogenated alkanes) is 6. The summed E-state index contributed by atoms with van der Waals surface area (Å²) < 4.78 is 0. The zero-order chi connectivity index (χ0) is 11.5. The van der Waals surface area contributed by atoms with E-state index in [1.54, 1.807) is 0 Å². The molecule has 0 spiro atoms. The first-order valence-electron chi connectivity index (χ1n) is 5.71. The minimum atomic E-state index is -1.17. The van der Waals surface area contributed by atoms with Crippen LogP contribution in [0.25, 0.3) is 0 Å². The van der Waals surface area contributed by atoms with Gasteiger partial charge in [-0.1, -0.05) is 32.1 Å². The summed E-state index contributed by atoms with van der Waals surface area (Å²) in [5, 5.41) is 25.5. The van der Waals surface area contributed by atoms with Crippen LogP contribution in [0.4, 0.5) is 0 Å². The zero-order valence-electron chi connectivity index (χ0n) is 9.19. The van der Waals surface area contributed by atoms with Gasteiger partial charge < -0.3 is 15.3 Å². The molecule has 0 unspecified atom stereocenters. The maximum Gasteiger partial charge on any atom is 0.303 e. The molecule has 0 fully saturated rings. The fraction of sp³-hybridized carbons (Fsp3) is 0.909. The first kappa shape index (κ1) is 14.4. The first-order valence-corrected chi connectivity index (χ1v) is 5.71. The van der Waals surface area contributed by atoms with Gasteiger partial charge in [-0.2, -0.15) is 0 Å². The van der Waals surface area contributed by atoms with Crippen molar-refractivity contribution >= 4 is 5.97 Å². The van der Waals surface area contributed by atoms with Crippen molar-refractivity contribution in [1.29, 1.82) is 0 Å². The summed E-state index contributed by atoms with van der Waals surface area (Å²) in [6, 6.07) is 0. The molecule has 0 aromatic rings. The Hall–Kier alpha value is -0.610. The van der Waals surface area contributed by atoms with Crippen molar-refractivity contribution in [2.75, 3.05) is 0 Å². The number of aliphatic carboxylic acids is 1. The van der Waals surface area contributed by atoms with E-state index in [9.17, 15) is 4.79 Å². The Labute approximate surface area is 90.9 Å². The van der Waals surface area contributed by atoms with E-state index in [-0.39, 0.29) is 6.42 Å². The SMILES string of the molecule is O=C(O)CCCCCCCCCC(O)O. The van der Waals surface area contributed by atoms with Crippen LogP contribution in [0.5, 0.6) is 0 Å². The molecule has 4 nitrogen and oxygen atoms in total. The van der Waals surface area contributed by atoms with Crippen molar-refractivity contribution in [3.8, 4) is 0 Å². The lowest BCUT2D eigenvalue weighted by Crippen LogP contribution is -2.02. The van der Waals surface area contributed by atoms with E-state index in [2.05, 4.69) is 0 Å². The van der Waals surface area contributed by atoms with Crippen molar-refractivity contribution in [2.45, 2.75) is 64.1 Å². The van der Waals surface area contributed by atoms with E-state index in [1.165, 1.54) is 0 Å². The molecule has 90 valence electrons. The highest BCUT2D eigenvalue weighted by Crippen LogP contribution is 2.10. The lowest BCUT2D eigenvalue weighted by Gasteiger charge is -2.03. The smallest absolute Gasteiger partial charge is 0.303 e. The van der Waals surface area contributed by atoms with Crippen LogP contribution in [-0.2, 0) is 4.79 Å². The fourth-order valence-corrected chi connectivity index (χ4v) is 1.49. The maximum absolute atomic E-state index is 10.2. The van der Waals surface area contributed by atoms with E-state index in [1.807, 2.05) is 0 Å². The zero-order valence-corrected chi connectivity index (χ0v) is 9.19. The van der Waals surface area contributed by atoms with Gasteiger partial charge >= 0.3 is 5.97 Å². The highest BCUT2D eigenvalue weighted by Gasteiger charge is 1.98. The van der Waals surface area contributed by atoms with Gasteiger partial charge in [-0.15, -0.1) is 0 Å². The highest BCUT2D eigenvalue weighted by atomic mass is 16.5. The molecule has 0 aliphatic carbocycles. The molecular weight excluding hydrogens is 196 g/mol.